The number of hydrogen-bond acceptors (Lipinski definition) is 1. The van der Waals surface area contributed by atoms with Gasteiger partial charge in [0.1, 0.15) is 0 Å². The van der Waals surface area contributed by atoms with Crippen molar-refractivity contribution in [2.45, 2.75) is 97.9 Å². The Morgan fingerprint density at radius 1 is 1.05 bits per heavy atom. The lowest BCUT2D eigenvalue weighted by molar-refractivity contribution is 0.117. The fraction of sp³-hybridized carbons (Fsp3) is 1.00. The van der Waals surface area contributed by atoms with Crippen LogP contribution < -0.4 is 5.32 Å². The molecular formula is C18H37N. The molecule has 1 aliphatic carbocycles. The second-order valence-electron chi connectivity index (χ2n) is 7.94. The SMILES string of the molecule is CCCCC1CCC(CCC)(CNC(C)(C)C)CC1. The standard InChI is InChI=1S/C18H37N/c1-6-8-9-16-10-13-18(12-7-2,14-11-16)15-19-17(3,4)5/h16,19H,6-15H2,1-5H3. The van der Waals surface area contributed by atoms with Gasteiger partial charge in [0.2, 0.25) is 0 Å². The first kappa shape index (κ1) is 17.0. The van der Waals surface area contributed by atoms with Crippen LogP contribution in [0, 0.1) is 11.3 Å². The lowest BCUT2D eigenvalue weighted by Gasteiger charge is -2.42. The van der Waals surface area contributed by atoms with Crippen molar-refractivity contribution < 1.29 is 0 Å². The van der Waals surface area contributed by atoms with E-state index in [0.29, 0.717) is 5.41 Å². The molecule has 1 fully saturated rings. The summed E-state index contributed by atoms with van der Waals surface area (Å²) in [5.41, 5.74) is 0.866. The van der Waals surface area contributed by atoms with Crippen LogP contribution in [0.3, 0.4) is 0 Å². The van der Waals surface area contributed by atoms with E-state index in [2.05, 4.69) is 39.9 Å². The molecule has 0 saturated heterocycles. The van der Waals surface area contributed by atoms with Crippen molar-refractivity contribution in [3.63, 3.8) is 0 Å². The van der Waals surface area contributed by atoms with Crippen LogP contribution >= 0.6 is 0 Å². The van der Waals surface area contributed by atoms with Crippen LogP contribution in [0.2, 0.25) is 0 Å². The molecule has 1 N–H and O–H groups in total. The maximum Gasteiger partial charge on any atom is 0.00967 e. The minimum atomic E-state index is 0.264. The van der Waals surface area contributed by atoms with Crippen LogP contribution in [-0.4, -0.2) is 12.1 Å². The second-order valence-corrected chi connectivity index (χ2v) is 7.94. The highest BCUT2D eigenvalue weighted by Crippen LogP contribution is 2.43. The molecule has 0 radical (unpaired) electrons. The van der Waals surface area contributed by atoms with Gasteiger partial charge >= 0.3 is 0 Å². The summed E-state index contributed by atoms with van der Waals surface area (Å²) < 4.78 is 0. The summed E-state index contributed by atoms with van der Waals surface area (Å²) in [4.78, 5) is 0. The zero-order valence-corrected chi connectivity index (χ0v) is 14.1. The largest absolute Gasteiger partial charge is 0.312 e. The molecule has 0 spiro atoms. The Hall–Kier alpha value is -0.0400. The maximum absolute atomic E-state index is 3.78. The van der Waals surface area contributed by atoms with Gasteiger partial charge in [0.15, 0.2) is 0 Å². The number of rotatable bonds is 7. The van der Waals surface area contributed by atoms with Crippen LogP contribution in [0.4, 0.5) is 0 Å². The van der Waals surface area contributed by atoms with Gasteiger partial charge in [-0.15, -0.1) is 0 Å². The van der Waals surface area contributed by atoms with Crippen molar-refractivity contribution in [1.29, 1.82) is 0 Å². The Morgan fingerprint density at radius 2 is 1.68 bits per heavy atom. The molecule has 0 aromatic heterocycles. The first-order valence-corrected chi connectivity index (χ1v) is 8.66. The summed E-state index contributed by atoms with van der Waals surface area (Å²) in [6.45, 7) is 12.8. The van der Waals surface area contributed by atoms with Crippen LogP contribution in [0.1, 0.15) is 92.4 Å². The normalized spacial score (nSPS) is 28.6. The fourth-order valence-electron chi connectivity index (χ4n) is 3.57. The fourth-order valence-corrected chi connectivity index (χ4v) is 3.57. The molecule has 1 saturated carbocycles. The van der Waals surface area contributed by atoms with Gasteiger partial charge in [-0.1, -0.05) is 39.5 Å². The highest BCUT2D eigenvalue weighted by molar-refractivity contribution is 4.89. The van der Waals surface area contributed by atoms with Gasteiger partial charge in [-0.2, -0.15) is 0 Å². The highest BCUT2D eigenvalue weighted by Gasteiger charge is 2.34. The summed E-state index contributed by atoms with van der Waals surface area (Å²) in [5, 5.41) is 3.78. The molecule has 0 aromatic rings. The van der Waals surface area contributed by atoms with Gasteiger partial charge in [0.05, 0.1) is 0 Å². The van der Waals surface area contributed by atoms with Crippen LogP contribution in [-0.2, 0) is 0 Å². The van der Waals surface area contributed by atoms with Gasteiger partial charge in [-0.25, -0.2) is 0 Å². The molecule has 0 heterocycles. The minimum Gasteiger partial charge on any atom is -0.312 e. The molecule has 0 aliphatic heterocycles. The van der Waals surface area contributed by atoms with Crippen molar-refractivity contribution in [3.05, 3.63) is 0 Å². The summed E-state index contributed by atoms with van der Waals surface area (Å²) >= 11 is 0. The minimum absolute atomic E-state index is 0.264. The lowest BCUT2D eigenvalue weighted by Crippen LogP contribution is -2.45. The summed E-state index contributed by atoms with van der Waals surface area (Å²) in [6.07, 6.45) is 12.9. The maximum atomic E-state index is 3.78. The topological polar surface area (TPSA) is 12.0 Å². The predicted molar refractivity (Wildman–Crippen MR) is 86.6 cm³/mol. The van der Waals surface area contributed by atoms with Crippen LogP contribution in [0.25, 0.3) is 0 Å². The number of nitrogens with one attached hydrogen (secondary N) is 1. The van der Waals surface area contributed by atoms with E-state index in [-0.39, 0.29) is 5.54 Å². The van der Waals surface area contributed by atoms with Gasteiger partial charge in [-0.3, -0.25) is 0 Å². The van der Waals surface area contributed by atoms with E-state index in [9.17, 15) is 0 Å². The van der Waals surface area contributed by atoms with Gasteiger partial charge in [-0.05, 0) is 64.2 Å². The monoisotopic (exact) mass is 267 g/mol. The number of hydrogen-bond donors (Lipinski definition) is 1. The summed E-state index contributed by atoms with van der Waals surface area (Å²) in [6, 6.07) is 0. The van der Waals surface area contributed by atoms with E-state index in [0.717, 1.165) is 5.92 Å². The Bertz CT molecular complexity index is 231. The Morgan fingerprint density at radius 3 is 2.16 bits per heavy atom. The predicted octanol–water partition coefficient (Wildman–Crippen LogP) is 5.54. The molecular weight excluding hydrogens is 230 g/mol. The van der Waals surface area contributed by atoms with Gasteiger partial charge in [0.25, 0.3) is 0 Å². The molecule has 1 aliphatic rings. The third kappa shape index (κ3) is 6.29. The van der Waals surface area contributed by atoms with Crippen molar-refractivity contribution in [1.82, 2.24) is 5.32 Å². The Labute approximate surface area is 121 Å². The van der Waals surface area contributed by atoms with E-state index in [1.54, 1.807) is 0 Å². The van der Waals surface area contributed by atoms with E-state index >= 15 is 0 Å². The third-order valence-electron chi connectivity index (χ3n) is 4.91. The quantitative estimate of drug-likeness (QED) is 0.638. The summed E-state index contributed by atoms with van der Waals surface area (Å²) in [5.74, 6) is 1.03. The van der Waals surface area contributed by atoms with E-state index < -0.39 is 0 Å². The van der Waals surface area contributed by atoms with E-state index in [4.69, 9.17) is 0 Å². The molecule has 0 bridgehead atoms. The van der Waals surface area contributed by atoms with Crippen molar-refractivity contribution in [3.8, 4) is 0 Å². The van der Waals surface area contributed by atoms with Crippen LogP contribution in [0.15, 0.2) is 0 Å². The molecule has 1 nitrogen and oxygen atoms in total. The van der Waals surface area contributed by atoms with Gasteiger partial charge in [0, 0.05) is 12.1 Å². The first-order chi connectivity index (χ1) is 8.91. The molecule has 0 aromatic carbocycles. The molecule has 0 atom stereocenters. The molecule has 0 unspecified atom stereocenters. The highest BCUT2D eigenvalue weighted by atomic mass is 15.0. The summed E-state index contributed by atoms with van der Waals surface area (Å²) in [7, 11) is 0. The van der Waals surface area contributed by atoms with Crippen molar-refractivity contribution in [2.75, 3.05) is 6.54 Å². The smallest absolute Gasteiger partial charge is 0.00967 e. The average molecular weight is 268 g/mol. The molecule has 19 heavy (non-hydrogen) atoms. The van der Waals surface area contributed by atoms with Gasteiger partial charge < -0.3 is 5.32 Å². The Balaban J connectivity index is 2.46. The first-order valence-electron chi connectivity index (χ1n) is 8.66. The molecule has 1 rings (SSSR count). The van der Waals surface area contributed by atoms with Crippen LogP contribution in [0.5, 0.6) is 0 Å². The second kappa shape index (κ2) is 7.67. The zero-order valence-electron chi connectivity index (χ0n) is 14.1. The molecule has 114 valence electrons. The third-order valence-corrected chi connectivity index (χ3v) is 4.91. The van der Waals surface area contributed by atoms with Crippen molar-refractivity contribution in [2.24, 2.45) is 11.3 Å². The van der Waals surface area contributed by atoms with E-state index in [1.165, 1.54) is 64.3 Å². The average Bonchev–Trinajstić information content (AvgIpc) is 2.36. The van der Waals surface area contributed by atoms with E-state index in [1.807, 2.05) is 0 Å². The molecule has 0 amide bonds. The van der Waals surface area contributed by atoms with Crippen molar-refractivity contribution >= 4 is 0 Å². The lowest BCUT2D eigenvalue weighted by atomic mass is 9.67. The Kier molecular flexibility index (Phi) is 6.86. The zero-order chi connectivity index (χ0) is 14.4. The molecule has 1 heteroatoms. The number of unbranched alkanes of at least 4 members (excludes halogenated alkanes) is 1.